The van der Waals surface area contributed by atoms with Crippen molar-refractivity contribution in [2.45, 2.75) is 12.8 Å². The zero-order valence-electron chi connectivity index (χ0n) is 11.4. The third-order valence-corrected chi connectivity index (χ3v) is 3.08. The molecule has 106 valence electrons. The molecule has 2 aromatic carbocycles. The van der Waals surface area contributed by atoms with E-state index in [1.54, 1.807) is 12.1 Å². The summed E-state index contributed by atoms with van der Waals surface area (Å²) < 4.78 is 13.1. The van der Waals surface area contributed by atoms with Crippen LogP contribution in [0.1, 0.15) is 17.5 Å². The Labute approximate surface area is 123 Å². The number of carboxylic acid groups (broad SMARTS) is 1. The summed E-state index contributed by atoms with van der Waals surface area (Å²) in [6, 6.07) is 15.4. The van der Waals surface area contributed by atoms with E-state index in [-0.39, 0.29) is 18.7 Å². The Morgan fingerprint density at radius 1 is 1.14 bits per heavy atom. The maximum Gasteiger partial charge on any atom is 0.307 e. The van der Waals surface area contributed by atoms with Gasteiger partial charge in [-0.3, -0.25) is 4.79 Å². The Balaban J connectivity index is 2.03. The van der Waals surface area contributed by atoms with E-state index in [9.17, 15) is 14.3 Å². The maximum atomic E-state index is 13.1. The Morgan fingerprint density at radius 3 is 2.57 bits per heavy atom. The van der Waals surface area contributed by atoms with E-state index >= 15 is 0 Å². The van der Waals surface area contributed by atoms with E-state index in [1.807, 2.05) is 30.3 Å². The van der Waals surface area contributed by atoms with E-state index in [0.717, 1.165) is 5.56 Å². The minimum absolute atomic E-state index is 0.237. The van der Waals surface area contributed by atoms with Crippen molar-refractivity contribution in [3.8, 4) is 11.8 Å². The fourth-order valence-corrected chi connectivity index (χ4v) is 1.99. The summed E-state index contributed by atoms with van der Waals surface area (Å²) in [4.78, 5) is 11.3. The average molecular weight is 282 g/mol. The van der Waals surface area contributed by atoms with Crippen LogP contribution >= 0.6 is 0 Å². The van der Waals surface area contributed by atoms with Gasteiger partial charge in [-0.05, 0) is 36.2 Å². The molecule has 21 heavy (non-hydrogen) atoms. The second-order valence-electron chi connectivity index (χ2n) is 4.74. The molecule has 0 saturated heterocycles. The molecule has 1 N–H and O–H groups in total. The van der Waals surface area contributed by atoms with Crippen LogP contribution in [0.25, 0.3) is 0 Å². The highest BCUT2D eigenvalue weighted by Gasteiger charge is 2.17. The molecule has 0 fully saturated rings. The van der Waals surface area contributed by atoms with Gasteiger partial charge in [0, 0.05) is 12.0 Å². The summed E-state index contributed by atoms with van der Waals surface area (Å²) in [5.74, 6) is 3.93. The molecule has 0 aliphatic rings. The lowest BCUT2D eigenvalue weighted by Crippen LogP contribution is -2.16. The van der Waals surface area contributed by atoms with Crippen LogP contribution in [0.15, 0.2) is 54.6 Å². The molecule has 2 aromatic rings. The minimum atomic E-state index is -0.915. The average Bonchev–Trinajstić information content (AvgIpc) is 2.47. The molecule has 0 bridgehead atoms. The van der Waals surface area contributed by atoms with Gasteiger partial charge in [0.2, 0.25) is 0 Å². The summed E-state index contributed by atoms with van der Waals surface area (Å²) in [5.41, 5.74) is 1.52. The summed E-state index contributed by atoms with van der Waals surface area (Å²) >= 11 is 0. The van der Waals surface area contributed by atoms with Crippen LogP contribution in [0, 0.1) is 23.6 Å². The number of hydrogen-bond donors (Lipinski definition) is 1. The predicted octanol–water partition coefficient (Wildman–Crippen LogP) is 3.51. The number of benzene rings is 2. The van der Waals surface area contributed by atoms with E-state index in [2.05, 4.69) is 11.8 Å². The van der Waals surface area contributed by atoms with Crippen molar-refractivity contribution in [2.75, 3.05) is 0 Å². The fourth-order valence-electron chi connectivity index (χ4n) is 1.99. The van der Waals surface area contributed by atoms with E-state index in [1.165, 1.54) is 12.1 Å². The number of hydrogen-bond acceptors (Lipinski definition) is 1. The molecule has 0 aromatic heterocycles. The van der Waals surface area contributed by atoms with E-state index < -0.39 is 11.9 Å². The molecule has 0 amide bonds. The third kappa shape index (κ3) is 4.77. The Morgan fingerprint density at radius 2 is 1.90 bits per heavy atom. The molecule has 3 heteroatoms. The van der Waals surface area contributed by atoms with Crippen LogP contribution < -0.4 is 0 Å². The van der Waals surface area contributed by atoms with Gasteiger partial charge < -0.3 is 5.11 Å². The molecule has 1 unspecified atom stereocenters. The molecule has 0 radical (unpaired) electrons. The second kappa shape index (κ2) is 7.25. The highest BCUT2D eigenvalue weighted by molar-refractivity contribution is 5.70. The van der Waals surface area contributed by atoms with Crippen LogP contribution in [0.3, 0.4) is 0 Å². The minimum Gasteiger partial charge on any atom is -0.481 e. The highest BCUT2D eigenvalue weighted by atomic mass is 19.1. The summed E-state index contributed by atoms with van der Waals surface area (Å²) in [6.45, 7) is 0. The summed E-state index contributed by atoms with van der Waals surface area (Å²) in [6.07, 6.45) is 0.511. The third-order valence-electron chi connectivity index (χ3n) is 3.08. The van der Waals surface area contributed by atoms with E-state index in [4.69, 9.17) is 0 Å². The first-order valence-electron chi connectivity index (χ1n) is 6.66. The van der Waals surface area contributed by atoms with Gasteiger partial charge in [0.15, 0.2) is 0 Å². The molecular formula is C18H15FO2. The molecule has 2 nitrogen and oxygen atoms in total. The standard InChI is InChI=1S/C18H15FO2/c19-17-11-5-9-15(13-17)12-16(18(20)21)10-4-8-14-6-2-1-3-7-14/h1-3,5-7,9,11,13,16H,10,12H2,(H,20,21). The molecule has 0 heterocycles. The first-order valence-corrected chi connectivity index (χ1v) is 6.66. The lowest BCUT2D eigenvalue weighted by atomic mass is 9.96. The Hall–Kier alpha value is -2.60. The van der Waals surface area contributed by atoms with Gasteiger partial charge in [0.25, 0.3) is 0 Å². The number of carboxylic acids is 1. The van der Waals surface area contributed by atoms with Crippen molar-refractivity contribution in [3.05, 3.63) is 71.5 Å². The largest absolute Gasteiger partial charge is 0.481 e. The topological polar surface area (TPSA) is 37.3 Å². The highest BCUT2D eigenvalue weighted by Crippen LogP contribution is 2.14. The zero-order chi connectivity index (χ0) is 15.1. The van der Waals surface area contributed by atoms with Gasteiger partial charge in [-0.2, -0.15) is 0 Å². The fraction of sp³-hybridized carbons (Fsp3) is 0.167. The van der Waals surface area contributed by atoms with Crippen molar-refractivity contribution in [2.24, 2.45) is 5.92 Å². The van der Waals surface area contributed by atoms with Gasteiger partial charge in [-0.1, -0.05) is 42.2 Å². The number of aliphatic carboxylic acids is 1. The van der Waals surface area contributed by atoms with E-state index in [0.29, 0.717) is 5.56 Å². The number of rotatable bonds is 4. The Bertz CT molecular complexity index is 668. The number of carbonyl (C=O) groups is 1. The SMILES string of the molecule is O=C(O)C(CC#Cc1ccccc1)Cc1cccc(F)c1. The molecule has 0 aliphatic heterocycles. The van der Waals surface area contributed by atoms with Gasteiger partial charge in [-0.15, -0.1) is 0 Å². The normalized spacial score (nSPS) is 11.3. The van der Waals surface area contributed by atoms with Gasteiger partial charge in [0.05, 0.1) is 5.92 Å². The van der Waals surface area contributed by atoms with Crippen molar-refractivity contribution < 1.29 is 14.3 Å². The molecule has 0 saturated carbocycles. The predicted molar refractivity (Wildman–Crippen MR) is 79.2 cm³/mol. The lowest BCUT2D eigenvalue weighted by Gasteiger charge is -2.08. The summed E-state index contributed by atoms with van der Waals surface area (Å²) in [7, 11) is 0. The first-order chi connectivity index (χ1) is 10.1. The summed E-state index contributed by atoms with van der Waals surface area (Å²) in [5, 5.41) is 9.24. The van der Waals surface area contributed by atoms with Crippen molar-refractivity contribution >= 4 is 5.97 Å². The van der Waals surface area contributed by atoms with Crippen LogP contribution in [0.2, 0.25) is 0 Å². The molecule has 2 rings (SSSR count). The monoisotopic (exact) mass is 282 g/mol. The van der Waals surface area contributed by atoms with Crippen LogP contribution in [0.4, 0.5) is 4.39 Å². The quantitative estimate of drug-likeness (QED) is 0.871. The first kappa shape index (κ1) is 14.8. The van der Waals surface area contributed by atoms with Crippen LogP contribution in [0.5, 0.6) is 0 Å². The maximum absolute atomic E-state index is 13.1. The van der Waals surface area contributed by atoms with Crippen molar-refractivity contribution in [1.29, 1.82) is 0 Å². The molecule has 1 atom stereocenters. The zero-order valence-corrected chi connectivity index (χ0v) is 11.4. The van der Waals surface area contributed by atoms with Gasteiger partial charge in [0.1, 0.15) is 5.82 Å². The lowest BCUT2D eigenvalue weighted by molar-refractivity contribution is -0.141. The molecule has 0 spiro atoms. The van der Waals surface area contributed by atoms with Crippen molar-refractivity contribution in [1.82, 2.24) is 0 Å². The van der Waals surface area contributed by atoms with Gasteiger partial charge in [-0.25, -0.2) is 4.39 Å². The smallest absolute Gasteiger partial charge is 0.307 e. The van der Waals surface area contributed by atoms with Gasteiger partial charge >= 0.3 is 5.97 Å². The second-order valence-corrected chi connectivity index (χ2v) is 4.74. The Kier molecular flexibility index (Phi) is 5.11. The molecule has 0 aliphatic carbocycles. The van der Waals surface area contributed by atoms with Crippen molar-refractivity contribution in [3.63, 3.8) is 0 Å². The van der Waals surface area contributed by atoms with Crippen LogP contribution in [-0.4, -0.2) is 11.1 Å². The molecular weight excluding hydrogens is 267 g/mol. The van der Waals surface area contributed by atoms with Crippen LogP contribution in [-0.2, 0) is 11.2 Å². The number of halogens is 1.